The fraction of sp³-hybridized carbons (Fsp3) is 0.786. The third-order valence-electron chi connectivity index (χ3n) is 3.69. The Hall–Kier alpha value is -0.830. The van der Waals surface area contributed by atoms with Crippen molar-refractivity contribution in [2.45, 2.75) is 59.0 Å². The lowest BCUT2D eigenvalue weighted by atomic mass is 10.0. The predicted octanol–water partition coefficient (Wildman–Crippen LogP) is 2.92. The molecule has 17 heavy (non-hydrogen) atoms. The minimum atomic E-state index is 0.600. The summed E-state index contributed by atoms with van der Waals surface area (Å²) in [4.78, 5) is 4.52. The molecule has 1 N–H and O–H groups in total. The molecule has 0 spiro atoms. The van der Waals surface area contributed by atoms with Crippen molar-refractivity contribution in [1.82, 2.24) is 14.9 Å². The number of hydrogen-bond donors (Lipinski definition) is 1. The van der Waals surface area contributed by atoms with Crippen molar-refractivity contribution in [1.29, 1.82) is 0 Å². The molecule has 3 nitrogen and oxygen atoms in total. The molecule has 0 amide bonds. The van der Waals surface area contributed by atoms with Gasteiger partial charge in [-0.2, -0.15) is 0 Å². The highest BCUT2D eigenvalue weighted by Gasteiger charge is 2.17. The second kappa shape index (κ2) is 5.67. The minimum absolute atomic E-state index is 0.600. The van der Waals surface area contributed by atoms with Crippen molar-refractivity contribution < 1.29 is 0 Å². The van der Waals surface area contributed by atoms with Crippen LogP contribution in [-0.4, -0.2) is 16.1 Å². The molecule has 0 saturated carbocycles. The van der Waals surface area contributed by atoms with Gasteiger partial charge in [0.2, 0.25) is 0 Å². The van der Waals surface area contributed by atoms with E-state index in [9.17, 15) is 0 Å². The summed E-state index contributed by atoms with van der Waals surface area (Å²) in [6.45, 7) is 8.97. The van der Waals surface area contributed by atoms with E-state index in [4.69, 9.17) is 0 Å². The van der Waals surface area contributed by atoms with Crippen LogP contribution in [0.4, 0.5) is 0 Å². The van der Waals surface area contributed by atoms with Gasteiger partial charge in [0, 0.05) is 31.2 Å². The van der Waals surface area contributed by atoms with Crippen LogP contribution in [0.2, 0.25) is 0 Å². The van der Waals surface area contributed by atoms with E-state index in [0.29, 0.717) is 6.04 Å². The fourth-order valence-corrected chi connectivity index (χ4v) is 2.60. The standard InChI is InChI=1S/C14H25N3/c1-11(2)5-4-6-12(3)17-10-16-13-9-15-8-7-14(13)17/h10-12,15H,4-9H2,1-3H3. The van der Waals surface area contributed by atoms with Crippen LogP contribution >= 0.6 is 0 Å². The largest absolute Gasteiger partial charge is 0.331 e. The minimum Gasteiger partial charge on any atom is -0.331 e. The number of nitrogens with one attached hydrogen (secondary N) is 1. The van der Waals surface area contributed by atoms with E-state index in [1.807, 2.05) is 6.33 Å². The molecule has 2 rings (SSSR count). The van der Waals surface area contributed by atoms with Crippen LogP contribution in [0, 0.1) is 5.92 Å². The van der Waals surface area contributed by atoms with Crippen LogP contribution < -0.4 is 5.32 Å². The molecule has 0 fully saturated rings. The summed E-state index contributed by atoms with van der Waals surface area (Å²) in [7, 11) is 0. The summed E-state index contributed by atoms with van der Waals surface area (Å²) < 4.78 is 2.40. The maximum absolute atomic E-state index is 4.52. The molecule has 0 aromatic carbocycles. The van der Waals surface area contributed by atoms with Gasteiger partial charge in [-0.25, -0.2) is 4.98 Å². The molecular weight excluding hydrogens is 210 g/mol. The van der Waals surface area contributed by atoms with Crippen molar-refractivity contribution in [3.63, 3.8) is 0 Å². The first kappa shape index (κ1) is 12.6. The first-order valence-electron chi connectivity index (χ1n) is 6.93. The molecule has 0 bridgehead atoms. The average molecular weight is 235 g/mol. The Morgan fingerprint density at radius 3 is 2.94 bits per heavy atom. The predicted molar refractivity (Wildman–Crippen MR) is 71.0 cm³/mol. The maximum Gasteiger partial charge on any atom is 0.0954 e. The van der Waals surface area contributed by atoms with Gasteiger partial charge >= 0.3 is 0 Å². The first-order chi connectivity index (χ1) is 8.18. The van der Waals surface area contributed by atoms with Crippen LogP contribution in [0.3, 0.4) is 0 Å². The van der Waals surface area contributed by atoms with E-state index in [1.165, 1.54) is 30.7 Å². The van der Waals surface area contributed by atoms with Gasteiger partial charge in [-0.05, 0) is 19.3 Å². The van der Waals surface area contributed by atoms with E-state index < -0.39 is 0 Å². The zero-order valence-electron chi connectivity index (χ0n) is 11.4. The van der Waals surface area contributed by atoms with Gasteiger partial charge in [0.25, 0.3) is 0 Å². The monoisotopic (exact) mass is 235 g/mol. The van der Waals surface area contributed by atoms with Crippen molar-refractivity contribution in [2.75, 3.05) is 6.54 Å². The average Bonchev–Trinajstić information content (AvgIpc) is 2.72. The molecule has 96 valence electrons. The van der Waals surface area contributed by atoms with Crippen molar-refractivity contribution >= 4 is 0 Å². The smallest absolute Gasteiger partial charge is 0.0954 e. The van der Waals surface area contributed by atoms with Gasteiger partial charge in [0.1, 0.15) is 0 Å². The summed E-state index contributed by atoms with van der Waals surface area (Å²) in [6, 6.07) is 0.600. The SMILES string of the molecule is CC(C)CCCC(C)n1cnc2c1CCNC2. The topological polar surface area (TPSA) is 29.9 Å². The Morgan fingerprint density at radius 2 is 2.18 bits per heavy atom. The number of aromatic nitrogens is 2. The molecule has 0 aliphatic carbocycles. The van der Waals surface area contributed by atoms with Crippen LogP contribution in [0.15, 0.2) is 6.33 Å². The first-order valence-corrected chi connectivity index (χ1v) is 6.93. The molecule has 1 aliphatic rings. The van der Waals surface area contributed by atoms with E-state index in [-0.39, 0.29) is 0 Å². The van der Waals surface area contributed by atoms with Gasteiger partial charge < -0.3 is 9.88 Å². The highest BCUT2D eigenvalue weighted by atomic mass is 15.1. The number of nitrogens with zero attached hydrogens (tertiary/aromatic N) is 2. The molecule has 2 heterocycles. The van der Waals surface area contributed by atoms with Crippen LogP contribution in [-0.2, 0) is 13.0 Å². The lowest BCUT2D eigenvalue weighted by molar-refractivity contribution is 0.434. The number of fused-ring (bicyclic) bond motifs is 1. The molecule has 1 unspecified atom stereocenters. The Bertz CT molecular complexity index is 354. The van der Waals surface area contributed by atoms with Gasteiger partial charge in [-0.1, -0.05) is 26.7 Å². The second-order valence-corrected chi connectivity index (χ2v) is 5.65. The summed E-state index contributed by atoms with van der Waals surface area (Å²) >= 11 is 0. The summed E-state index contributed by atoms with van der Waals surface area (Å²) in [5, 5.41) is 3.38. The number of hydrogen-bond acceptors (Lipinski definition) is 2. The quantitative estimate of drug-likeness (QED) is 0.850. The van der Waals surface area contributed by atoms with Crippen molar-refractivity contribution in [2.24, 2.45) is 5.92 Å². The Morgan fingerprint density at radius 1 is 1.35 bits per heavy atom. The highest BCUT2D eigenvalue weighted by molar-refractivity contribution is 5.17. The van der Waals surface area contributed by atoms with Gasteiger partial charge in [-0.3, -0.25) is 0 Å². The Labute approximate surface area is 105 Å². The zero-order valence-corrected chi connectivity index (χ0v) is 11.4. The molecule has 0 radical (unpaired) electrons. The summed E-state index contributed by atoms with van der Waals surface area (Å²) in [5.74, 6) is 0.822. The van der Waals surface area contributed by atoms with Crippen LogP contribution in [0.1, 0.15) is 57.5 Å². The third-order valence-corrected chi connectivity index (χ3v) is 3.69. The molecule has 0 saturated heterocycles. The Balaban J connectivity index is 1.94. The summed E-state index contributed by atoms with van der Waals surface area (Å²) in [6.07, 6.45) is 7.10. The van der Waals surface area contributed by atoms with Gasteiger partial charge in [0.05, 0.1) is 12.0 Å². The Kier molecular flexibility index (Phi) is 4.21. The molecular formula is C14H25N3. The molecule has 1 aromatic heterocycles. The number of rotatable bonds is 5. The molecule has 1 aliphatic heterocycles. The van der Waals surface area contributed by atoms with Crippen molar-refractivity contribution in [3.8, 4) is 0 Å². The molecule has 1 atom stereocenters. The van der Waals surface area contributed by atoms with Gasteiger partial charge in [-0.15, -0.1) is 0 Å². The lowest BCUT2D eigenvalue weighted by Gasteiger charge is -2.20. The van der Waals surface area contributed by atoms with E-state index in [2.05, 4.69) is 35.6 Å². The van der Waals surface area contributed by atoms with Crippen LogP contribution in [0.25, 0.3) is 0 Å². The zero-order chi connectivity index (χ0) is 12.3. The van der Waals surface area contributed by atoms with E-state index >= 15 is 0 Å². The fourth-order valence-electron chi connectivity index (χ4n) is 2.60. The molecule has 1 aromatic rings. The molecule has 3 heteroatoms. The normalized spacial score (nSPS) is 17.2. The maximum atomic E-state index is 4.52. The van der Waals surface area contributed by atoms with Gasteiger partial charge in [0.15, 0.2) is 0 Å². The van der Waals surface area contributed by atoms with E-state index in [1.54, 1.807) is 0 Å². The second-order valence-electron chi connectivity index (χ2n) is 5.65. The lowest BCUT2D eigenvalue weighted by Crippen LogP contribution is -2.25. The number of imidazole rings is 1. The van der Waals surface area contributed by atoms with E-state index in [0.717, 1.165) is 25.4 Å². The van der Waals surface area contributed by atoms with Crippen molar-refractivity contribution in [3.05, 3.63) is 17.7 Å². The third kappa shape index (κ3) is 3.09. The highest BCUT2D eigenvalue weighted by Crippen LogP contribution is 2.22. The van der Waals surface area contributed by atoms with Crippen LogP contribution in [0.5, 0.6) is 0 Å². The summed E-state index contributed by atoms with van der Waals surface area (Å²) in [5.41, 5.74) is 2.72.